The van der Waals surface area contributed by atoms with Gasteiger partial charge >= 0.3 is 6.08 Å². The highest BCUT2D eigenvalue weighted by Gasteiger charge is 2.13. The molecule has 1 heterocycles. The summed E-state index contributed by atoms with van der Waals surface area (Å²) in [7, 11) is -2.92. The van der Waals surface area contributed by atoms with Crippen LogP contribution in [-0.4, -0.2) is 40.8 Å². The lowest BCUT2D eigenvalue weighted by Gasteiger charge is -2.13. The van der Waals surface area contributed by atoms with Gasteiger partial charge in [-0.3, -0.25) is 4.55 Å². The molecule has 0 aliphatic rings. The number of halogens is 1. The lowest BCUT2D eigenvalue weighted by Crippen LogP contribution is -2.27. The summed E-state index contributed by atoms with van der Waals surface area (Å²) < 4.78 is 41.8. The molecule has 1 aromatic rings. The van der Waals surface area contributed by atoms with Crippen LogP contribution in [0.5, 0.6) is 0 Å². The third-order valence-electron chi connectivity index (χ3n) is 1.18. The first-order valence-corrected chi connectivity index (χ1v) is 4.93. The quantitative estimate of drug-likeness (QED) is 0.660. The van der Waals surface area contributed by atoms with Gasteiger partial charge in [-0.15, -0.1) is 0 Å². The highest BCUT2D eigenvalue weighted by Crippen LogP contribution is 2.03. The van der Waals surface area contributed by atoms with Crippen LogP contribution >= 0.6 is 0 Å². The molecule has 14 heavy (non-hydrogen) atoms. The monoisotopic (exact) mass is 221 g/mol. The summed E-state index contributed by atoms with van der Waals surface area (Å²) >= 11 is 0. The zero-order valence-electron chi connectivity index (χ0n) is 7.05. The van der Waals surface area contributed by atoms with Crippen LogP contribution in [0.25, 0.3) is 0 Å². The third-order valence-corrected chi connectivity index (χ3v) is 1.90. The molecule has 1 radical (unpaired) electrons. The molecule has 0 aliphatic heterocycles. The number of hydrogen-bond donors (Lipinski definition) is 1. The van der Waals surface area contributed by atoms with Crippen molar-refractivity contribution in [2.75, 3.05) is 17.8 Å². The standard InChI is InChI=1S/C5H6FN4O3S/c1-10(3-14(11,12)13)5-8-2-7-4(6)9-5/h3H2,1H3,(H,11,12,13). The summed E-state index contributed by atoms with van der Waals surface area (Å²) in [6.07, 6.45) is 0.868. The van der Waals surface area contributed by atoms with Crippen LogP contribution in [0, 0.1) is 12.4 Å². The van der Waals surface area contributed by atoms with E-state index in [1.54, 1.807) is 0 Å². The van der Waals surface area contributed by atoms with Crippen LogP contribution in [0.2, 0.25) is 0 Å². The maximum Gasteiger partial charge on any atom is 0.314 e. The third kappa shape index (κ3) is 3.18. The molecule has 0 amide bonds. The lowest BCUT2D eigenvalue weighted by molar-refractivity contribution is 0.481. The Bertz CT molecular complexity index is 423. The summed E-state index contributed by atoms with van der Waals surface area (Å²) in [5.74, 6) is -0.959. The van der Waals surface area contributed by atoms with E-state index in [9.17, 15) is 12.8 Å². The van der Waals surface area contributed by atoms with Gasteiger partial charge in [-0.05, 0) is 0 Å². The van der Waals surface area contributed by atoms with Gasteiger partial charge in [-0.1, -0.05) is 0 Å². The van der Waals surface area contributed by atoms with Gasteiger partial charge in [-0.2, -0.15) is 27.8 Å². The Kier molecular flexibility index (Phi) is 2.91. The summed E-state index contributed by atoms with van der Waals surface area (Å²) in [4.78, 5) is 10.5. The fraction of sp³-hybridized carbons (Fsp3) is 0.400. The summed E-state index contributed by atoms with van der Waals surface area (Å²) in [5.41, 5.74) is 0. The predicted molar refractivity (Wildman–Crippen MR) is 43.4 cm³/mol. The van der Waals surface area contributed by atoms with Crippen LogP contribution in [0.4, 0.5) is 10.3 Å². The average Bonchev–Trinajstić information content (AvgIpc) is 2.01. The van der Waals surface area contributed by atoms with Gasteiger partial charge in [0, 0.05) is 7.05 Å². The van der Waals surface area contributed by atoms with Gasteiger partial charge < -0.3 is 4.90 Å². The van der Waals surface area contributed by atoms with Crippen molar-refractivity contribution in [3.8, 4) is 0 Å². The maximum atomic E-state index is 12.4. The van der Waals surface area contributed by atoms with E-state index >= 15 is 0 Å². The first kappa shape index (κ1) is 10.7. The fourth-order valence-electron chi connectivity index (χ4n) is 0.717. The lowest BCUT2D eigenvalue weighted by atomic mass is 10.8. The Balaban J connectivity index is 2.85. The van der Waals surface area contributed by atoms with Crippen LogP contribution in [0.3, 0.4) is 0 Å². The fourth-order valence-corrected chi connectivity index (χ4v) is 1.32. The first-order chi connectivity index (χ1) is 6.38. The Hall–Kier alpha value is -1.35. The van der Waals surface area contributed by atoms with Crippen molar-refractivity contribution in [2.45, 2.75) is 0 Å². The van der Waals surface area contributed by atoms with Crippen molar-refractivity contribution in [3.63, 3.8) is 0 Å². The topological polar surface area (TPSA) is 96.3 Å². The Morgan fingerprint density at radius 3 is 2.71 bits per heavy atom. The van der Waals surface area contributed by atoms with Gasteiger partial charge in [0.1, 0.15) is 5.88 Å². The smallest absolute Gasteiger partial charge is 0.314 e. The SMILES string of the molecule is CN(CS(=O)(=O)O)c1n[c]nc(F)n1. The Labute approximate surface area is 79.4 Å². The number of rotatable bonds is 3. The second-order valence-corrected chi connectivity index (χ2v) is 3.84. The molecule has 0 saturated carbocycles. The molecule has 0 unspecified atom stereocenters. The van der Waals surface area contributed by atoms with Crippen molar-refractivity contribution in [1.29, 1.82) is 0 Å². The highest BCUT2D eigenvalue weighted by molar-refractivity contribution is 7.85. The largest absolute Gasteiger partial charge is 0.327 e. The molecule has 1 rings (SSSR count). The molecule has 77 valence electrons. The van der Waals surface area contributed by atoms with Crippen molar-refractivity contribution in [2.24, 2.45) is 0 Å². The molecule has 0 atom stereocenters. The molecular weight excluding hydrogens is 215 g/mol. The number of hydrogen-bond acceptors (Lipinski definition) is 6. The molecule has 0 spiro atoms. The first-order valence-electron chi connectivity index (χ1n) is 3.32. The molecule has 0 fully saturated rings. The van der Waals surface area contributed by atoms with E-state index in [-0.39, 0.29) is 5.95 Å². The molecule has 0 aromatic carbocycles. The minimum absolute atomic E-state index is 0.227. The molecular formula is C5H6FN4O3S. The van der Waals surface area contributed by atoms with Gasteiger partial charge in [0.15, 0.2) is 0 Å². The van der Waals surface area contributed by atoms with Crippen molar-refractivity contribution < 1.29 is 17.4 Å². The number of aromatic nitrogens is 3. The minimum atomic E-state index is -4.20. The van der Waals surface area contributed by atoms with E-state index < -0.39 is 22.1 Å². The van der Waals surface area contributed by atoms with Crippen molar-refractivity contribution in [3.05, 3.63) is 12.4 Å². The van der Waals surface area contributed by atoms with E-state index in [1.165, 1.54) is 7.05 Å². The number of anilines is 1. The Morgan fingerprint density at radius 1 is 1.57 bits per heavy atom. The van der Waals surface area contributed by atoms with Crippen LogP contribution < -0.4 is 4.90 Å². The van der Waals surface area contributed by atoms with E-state index in [0.717, 1.165) is 4.90 Å². The second-order valence-electron chi connectivity index (χ2n) is 2.41. The van der Waals surface area contributed by atoms with Crippen LogP contribution in [0.15, 0.2) is 0 Å². The molecule has 1 N–H and O–H groups in total. The second kappa shape index (κ2) is 3.80. The van der Waals surface area contributed by atoms with Gasteiger partial charge in [0.2, 0.25) is 12.3 Å². The molecule has 0 aliphatic carbocycles. The van der Waals surface area contributed by atoms with E-state index in [4.69, 9.17) is 4.55 Å². The molecule has 9 heteroatoms. The molecule has 7 nitrogen and oxygen atoms in total. The van der Waals surface area contributed by atoms with Gasteiger partial charge in [0.05, 0.1) is 0 Å². The van der Waals surface area contributed by atoms with Crippen molar-refractivity contribution >= 4 is 16.1 Å². The van der Waals surface area contributed by atoms with Gasteiger partial charge in [0.25, 0.3) is 10.1 Å². The molecule has 0 bridgehead atoms. The maximum absolute atomic E-state index is 12.4. The minimum Gasteiger partial charge on any atom is -0.327 e. The average molecular weight is 221 g/mol. The molecule has 0 saturated heterocycles. The van der Waals surface area contributed by atoms with Crippen molar-refractivity contribution in [1.82, 2.24) is 15.0 Å². The van der Waals surface area contributed by atoms with E-state index in [0.29, 0.717) is 0 Å². The zero-order chi connectivity index (χ0) is 10.8. The summed E-state index contributed by atoms with van der Waals surface area (Å²) in [6.45, 7) is 0. The normalized spacial score (nSPS) is 11.4. The zero-order valence-corrected chi connectivity index (χ0v) is 7.86. The van der Waals surface area contributed by atoms with E-state index in [1.807, 2.05) is 6.33 Å². The van der Waals surface area contributed by atoms with E-state index in [2.05, 4.69) is 15.0 Å². The molecule has 1 aromatic heterocycles. The highest BCUT2D eigenvalue weighted by atomic mass is 32.2. The Morgan fingerprint density at radius 2 is 2.21 bits per heavy atom. The number of nitrogens with zero attached hydrogens (tertiary/aromatic N) is 4. The summed E-state index contributed by atoms with van der Waals surface area (Å²) in [6, 6.07) is 0. The predicted octanol–water partition coefficient (Wildman–Crippen LogP) is -0.908. The van der Waals surface area contributed by atoms with Crippen LogP contribution in [-0.2, 0) is 10.1 Å². The van der Waals surface area contributed by atoms with Gasteiger partial charge in [-0.25, -0.2) is 0 Å². The van der Waals surface area contributed by atoms with Crippen LogP contribution in [0.1, 0.15) is 0 Å². The summed E-state index contributed by atoms with van der Waals surface area (Å²) in [5, 5.41) is 0.